The Kier molecular flexibility index (Phi) is 2.15. The first kappa shape index (κ1) is 8.45. The number of hydrogen-bond acceptors (Lipinski definition) is 2. The van der Waals surface area contributed by atoms with Gasteiger partial charge in [-0.25, -0.2) is 0 Å². The molecule has 1 aliphatic carbocycles. The fraction of sp³-hybridized carbons (Fsp3) is 0.364. The maximum atomic E-state index is 10.5. The van der Waals surface area contributed by atoms with Crippen molar-refractivity contribution < 1.29 is 9.90 Å². The summed E-state index contributed by atoms with van der Waals surface area (Å²) >= 11 is 0. The molecule has 2 nitrogen and oxygen atoms in total. The van der Waals surface area contributed by atoms with Crippen molar-refractivity contribution in [3.63, 3.8) is 0 Å². The summed E-state index contributed by atoms with van der Waals surface area (Å²) < 4.78 is 0. The molecule has 0 radical (unpaired) electrons. The Balaban J connectivity index is 2.22. The summed E-state index contributed by atoms with van der Waals surface area (Å²) in [5, 5.41) is 9.76. The highest BCUT2D eigenvalue weighted by Crippen LogP contribution is 2.40. The predicted molar refractivity (Wildman–Crippen MR) is 49.5 cm³/mol. The van der Waals surface area contributed by atoms with Crippen LogP contribution in [0, 0.1) is 5.92 Å². The zero-order chi connectivity index (χ0) is 9.26. The van der Waals surface area contributed by atoms with Crippen molar-refractivity contribution in [1.82, 2.24) is 0 Å². The minimum atomic E-state index is -0.375. The van der Waals surface area contributed by atoms with Gasteiger partial charge in [0.25, 0.3) is 0 Å². The first-order valence-corrected chi connectivity index (χ1v) is 4.54. The molecule has 0 heterocycles. The third kappa shape index (κ3) is 1.78. The topological polar surface area (TPSA) is 37.3 Å². The molecule has 13 heavy (non-hydrogen) atoms. The number of aliphatic hydroxyl groups excluding tert-OH is 1. The molecule has 1 unspecified atom stereocenters. The van der Waals surface area contributed by atoms with Crippen LogP contribution in [0.15, 0.2) is 24.3 Å². The largest absolute Gasteiger partial charge is 0.388 e. The van der Waals surface area contributed by atoms with Crippen molar-refractivity contribution in [2.24, 2.45) is 5.92 Å². The van der Waals surface area contributed by atoms with Gasteiger partial charge in [0.2, 0.25) is 0 Å². The fourth-order valence-corrected chi connectivity index (χ4v) is 1.50. The van der Waals surface area contributed by atoms with Crippen LogP contribution < -0.4 is 0 Å². The molecule has 0 saturated heterocycles. The smallest absolute Gasteiger partial charge is 0.150 e. The van der Waals surface area contributed by atoms with Crippen LogP contribution in [0.3, 0.4) is 0 Å². The quantitative estimate of drug-likeness (QED) is 0.714. The number of carbonyl (C=O) groups excluding carboxylic acids is 1. The Bertz CT molecular complexity index is 316. The van der Waals surface area contributed by atoms with Gasteiger partial charge in [0, 0.05) is 5.56 Å². The molecule has 2 heteroatoms. The maximum absolute atomic E-state index is 10.5. The summed E-state index contributed by atoms with van der Waals surface area (Å²) in [6.45, 7) is 0. The molecule has 0 aromatic heterocycles. The number of aliphatic hydroxyl groups is 1. The van der Waals surface area contributed by atoms with Gasteiger partial charge < -0.3 is 5.11 Å². The van der Waals surface area contributed by atoms with E-state index in [1.807, 2.05) is 12.1 Å². The second kappa shape index (κ2) is 3.30. The van der Waals surface area contributed by atoms with Crippen LogP contribution in [0.1, 0.15) is 34.9 Å². The van der Waals surface area contributed by atoms with Crippen molar-refractivity contribution in [2.75, 3.05) is 0 Å². The number of hydrogen-bond donors (Lipinski definition) is 1. The van der Waals surface area contributed by atoms with Crippen LogP contribution in [0.25, 0.3) is 0 Å². The van der Waals surface area contributed by atoms with E-state index in [0.29, 0.717) is 11.5 Å². The third-order valence-corrected chi connectivity index (χ3v) is 2.46. The zero-order valence-corrected chi connectivity index (χ0v) is 7.31. The lowest BCUT2D eigenvalue weighted by Crippen LogP contribution is -1.99. The van der Waals surface area contributed by atoms with E-state index in [4.69, 9.17) is 0 Å². The van der Waals surface area contributed by atoms with Crippen LogP contribution in [-0.2, 0) is 0 Å². The molecular formula is C11H12O2. The Labute approximate surface area is 77.2 Å². The van der Waals surface area contributed by atoms with Gasteiger partial charge in [0.1, 0.15) is 6.29 Å². The number of aldehydes is 1. The van der Waals surface area contributed by atoms with E-state index in [0.717, 1.165) is 24.7 Å². The summed E-state index contributed by atoms with van der Waals surface area (Å²) in [7, 11) is 0. The molecule has 2 rings (SSSR count). The molecule has 0 spiro atoms. The van der Waals surface area contributed by atoms with Crippen molar-refractivity contribution in [1.29, 1.82) is 0 Å². The summed E-state index contributed by atoms with van der Waals surface area (Å²) in [4.78, 5) is 10.5. The lowest BCUT2D eigenvalue weighted by atomic mass is 10.0. The minimum absolute atomic E-state index is 0.375. The molecule has 68 valence electrons. The highest BCUT2D eigenvalue weighted by atomic mass is 16.3. The molecule has 0 aliphatic heterocycles. The molecule has 1 N–H and O–H groups in total. The molecule has 1 saturated carbocycles. The first-order valence-electron chi connectivity index (χ1n) is 4.54. The van der Waals surface area contributed by atoms with E-state index in [-0.39, 0.29) is 6.10 Å². The molecule has 1 atom stereocenters. The molecular weight excluding hydrogens is 164 g/mol. The highest BCUT2D eigenvalue weighted by Gasteiger charge is 2.30. The van der Waals surface area contributed by atoms with Gasteiger partial charge in [-0.15, -0.1) is 0 Å². The summed E-state index contributed by atoms with van der Waals surface area (Å²) in [5.41, 5.74) is 1.50. The molecule has 1 aromatic carbocycles. The van der Waals surface area contributed by atoms with Crippen LogP contribution in [0.2, 0.25) is 0 Å². The molecule has 1 fully saturated rings. The average Bonchev–Trinajstić information content (AvgIpc) is 3.00. The van der Waals surface area contributed by atoms with Gasteiger partial charge >= 0.3 is 0 Å². The van der Waals surface area contributed by atoms with Gasteiger partial charge in [-0.2, -0.15) is 0 Å². The van der Waals surface area contributed by atoms with Gasteiger partial charge in [0.05, 0.1) is 6.10 Å². The van der Waals surface area contributed by atoms with Crippen LogP contribution in [-0.4, -0.2) is 11.4 Å². The van der Waals surface area contributed by atoms with E-state index in [1.165, 1.54) is 0 Å². The van der Waals surface area contributed by atoms with E-state index in [9.17, 15) is 9.90 Å². The number of carbonyl (C=O) groups is 1. The summed E-state index contributed by atoms with van der Waals surface area (Å²) in [6.07, 6.45) is 2.64. The SMILES string of the molecule is O=Cc1cccc(C(O)C2CC2)c1. The second-order valence-electron chi connectivity index (χ2n) is 3.57. The first-order chi connectivity index (χ1) is 6.31. The van der Waals surface area contributed by atoms with Gasteiger partial charge in [-0.1, -0.05) is 18.2 Å². The zero-order valence-electron chi connectivity index (χ0n) is 7.31. The molecule has 1 aliphatic rings. The van der Waals surface area contributed by atoms with Crippen LogP contribution in [0.4, 0.5) is 0 Å². The average molecular weight is 176 g/mol. The lowest BCUT2D eigenvalue weighted by Gasteiger charge is -2.09. The number of rotatable bonds is 3. The monoisotopic (exact) mass is 176 g/mol. The van der Waals surface area contributed by atoms with Crippen LogP contribution >= 0.6 is 0 Å². The van der Waals surface area contributed by atoms with Crippen molar-refractivity contribution >= 4 is 6.29 Å². The van der Waals surface area contributed by atoms with E-state index >= 15 is 0 Å². The minimum Gasteiger partial charge on any atom is -0.388 e. The normalized spacial score (nSPS) is 18.2. The van der Waals surface area contributed by atoms with Crippen molar-refractivity contribution in [3.05, 3.63) is 35.4 Å². The standard InChI is InChI=1S/C11H12O2/c12-7-8-2-1-3-10(6-8)11(13)9-4-5-9/h1-3,6-7,9,11,13H,4-5H2. The van der Waals surface area contributed by atoms with Gasteiger partial charge in [-0.3, -0.25) is 4.79 Å². The highest BCUT2D eigenvalue weighted by molar-refractivity contribution is 5.74. The number of benzene rings is 1. The van der Waals surface area contributed by atoms with E-state index < -0.39 is 0 Å². The molecule has 0 bridgehead atoms. The Hall–Kier alpha value is -1.15. The van der Waals surface area contributed by atoms with E-state index in [1.54, 1.807) is 12.1 Å². The Morgan fingerprint density at radius 3 is 2.85 bits per heavy atom. The van der Waals surface area contributed by atoms with Gasteiger partial charge in [-0.05, 0) is 30.4 Å². The summed E-state index contributed by atoms with van der Waals surface area (Å²) in [5.74, 6) is 0.418. The van der Waals surface area contributed by atoms with Crippen molar-refractivity contribution in [2.45, 2.75) is 18.9 Å². The Morgan fingerprint density at radius 2 is 2.23 bits per heavy atom. The second-order valence-corrected chi connectivity index (χ2v) is 3.57. The third-order valence-electron chi connectivity index (χ3n) is 2.46. The van der Waals surface area contributed by atoms with Crippen molar-refractivity contribution in [3.8, 4) is 0 Å². The molecule has 0 amide bonds. The fourth-order valence-electron chi connectivity index (χ4n) is 1.50. The Morgan fingerprint density at radius 1 is 1.46 bits per heavy atom. The van der Waals surface area contributed by atoms with E-state index in [2.05, 4.69) is 0 Å². The van der Waals surface area contributed by atoms with Crippen LogP contribution in [0.5, 0.6) is 0 Å². The molecule has 1 aromatic rings. The predicted octanol–water partition coefficient (Wildman–Crippen LogP) is 1.94. The van der Waals surface area contributed by atoms with Gasteiger partial charge in [0.15, 0.2) is 0 Å². The lowest BCUT2D eigenvalue weighted by molar-refractivity contribution is 0.112. The summed E-state index contributed by atoms with van der Waals surface area (Å²) in [6, 6.07) is 7.19. The maximum Gasteiger partial charge on any atom is 0.150 e.